The largest absolute Gasteiger partial charge is 0.388 e. The average molecular weight is 196 g/mol. The van der Waals surface area contributed by atoms with Crippen LogP contribution in [0.4, 0.5) is 0 Å². The average Bonchev–Trinajstić information content (AvgIpc) is 2.32. The van der Waals surface area contributed by atoms with Crippen LogP contribution in [-0.4, -0.2) is 19.1 Å². The van der Waals surface area contributed by atoms with Gasteiger partial charge in [0, 0.05) is 18.8 Å². The highest BCUT2D eigenvalue weighted by Crippen LogP contribution is 2.25. The molecule has 1 rings (SSSR count). The number of nitrogens with two attached hydrogens (primary N) is 1. The summed E-state index contributed by atoms with van der Waals surface area (Å²) in [5.74, 6) is 0. The third-order valence-corrected chi connectivity index (χ3v) is 2.56. The molecule has 71 valence electrons. The molecule has 1 atom stereocenters. The van der Waals surface area contributed by atoms with Crippen molar-refractivity contribution in [2.24, 2.45) is 5.73 Å². The van der Waals surface area contributed by atoms with Crippen LogP contribution in [0.15, 0.2) is 17.5 Å². The third kappa shape index (κ3) is 4.46. The molecule has 0 aromatic carbocycles. The van der Waals surface area contributed by atoms with E-state index in [0.29, 0.717) is 6.42 Å². The van der Waals surface area contributed by atoms with Gasteiger partial charge in [-0.15, -0.1) is 11.3 Å². The second-order valence-electron chi connectivity index (χ2n) is 3.72. The van der Waals surface area contributed by atoms with E-state index in [2.05, 4.69) is 0 Å². The summed E-state index contributed by atoms with van der Waals surface area (Å²) in [6, 6.07) is 3.87. The van der Waals surface area contributed by atoms with Crippen molar-refractivity contribution in [3.8, 4) is 0 Å². The number of aliphatic hydroxyl groups is 1. The Hall–Kier alpha value is -0.315. The molecule has 4 heteroatoms. The lowest BCUT2D eigenvalue weighted by Crippen LogP contribution is -2.33. The van der Waals surface area contributed by atoms with Crippen molar-refractivity contribution < 1.29 is 5.11 Å². The van der Waals surface area contributed by atoms with E-state index in [1.807, 2.05) is 31.4 Å². The van der Waals surface area contributed by atoms with Gasteiger partial charge in [-0.25, -0.2) is 0 Å². The van der Waals surface area contributed by atoms with E-state index in [0.717, 1.165) is 4.88 Å². The van der Waals surface area contributed by atoms with E-state index < -0.39 is 6.10 Å². The van der Waals surface area contributed by atoms with Crippen LogP contribution in [0.2, 0.25) is 0 Å². The van der Waals surface area contributed by atoms with Crippen molar-refractivity contribution >= 4 is 19.7 Å². The van der Waals surface area contributed by atoms with E-state index in [4.69, 9.17) is 5.73 Å². The minimum Gasteiger partial charge on any atom is -0.388 e. The summed E-state index contributed by atoms with van der Waals surface area (Å²) in [5.41, 5.74) is 5.48. The highest BCUT2D eigenvalue weighted by atomic mass is 32.1. The lowest BCUT2D eigenvalue weighted by Gasteiger charge is -2.21. The van der Waals surface area contributed by atoms with Gasteiger partial charge in [0.25, 0.3) is 0 Å². The van der Waals surface area contributed by atoms with Gasteiger partial charge in [0.05, 0.1) is 6.10 Å². The molecule has 13 heavy (non-hydrogen) atoms. The molecule has 0 saturated heterocycles. The summed E-state index contributed by atoms with van der Waals surface area (Å²) >= 11 is 1.57. The summed E-state index contributed by atoms with van der Waals surface area (Å²) in [4.78, 5) is 0.994. The summed E-state index contributed by atoms with van der Waals surface area (Å²) in [6.07, 6.45) is 0.193. The van der Waals surface area contributed by atoms with Gasteiger partial charge in [0.1, 0.15) is 0 Å². The maximum atomic E-state index is 9.68. The Labute approximate surface area is 85.4 Å². The molecule has 1 unspecified atom stereocenters. The first kappa shape index (κ1) is 12.7. The molecule has 1 aromatic rings. The molecule has 0 amide bonds. The monoisotopic (exact) mass is 196 g/mol. The van der Waals surface area contributed by atoms with Crippen molar-refractivity contribution in [3.63, 3.8) is 0 Å². The molecule has 3 N–H and O–H groups in total. The highest BCUT2D eigenvalue weighted by molar-refractivity contribution is 7.10. The summed E-state index contributed by atoms with van der Waals surface area (Å²) in [7, 11) is 0. The Balaban J connectivity index is 0.00000144. The molecule has 0 saturated carbocycles. The van der Waals surface area contributed by atoms with Gasteiger partial charge in [0.15, 0.2) is 0 Å². The molecule has 0 bridgehead atoms. The molecule has 3 radical (unpaired) electrons. The summed E-state index contributed by atoms with van der Waals surface area (Å²) in [6.45, 7) is 3.84. The van der Waals surface area contributed by atoms with Gasteiger partial charge in [-0.3, -0.25) is 0 Å². The third-order valence-electron chi connectivity index (χ3n) is 1.59. The van der Waals surface area contributed by atoms with Crippen molar-refractivity contribution in [1.29, 1.82) is 0 Å². The first-order valence-electron chi connectivity index (χ1n) is 3.99. The standard InChI is InChI=1S/C9H15NOS.B/c1-9(2,10)6-7(11)8-4-3-5-12-8;/h3-5,7,11H,6,10H2,1-2H3;. The van der Waals surface area contributed by atoms with Crippen LogP contribution in [0.1, 0.15) is 31.2 Å². The molecule has 0 fully saturated rings. The fraction of sp³-hybridized carbons (Fsp3) is 0.556. The molecule has 0 spiro atoms. The fourth-order valence-corrected chi connectivity index (χ4v) is 1.79. The Morgan fingerprint density at radius 3 is 2.62 bits per heavy atom. The van der Waals surface area contributed by atoms with E-state index in [-0.39, 0.29) is 14.0 Å². The number of thiophene rings is 1. The summed E-state index contributed by atoms with van der Waals surface area (Å²) < 4.78 is 0. The molecule has 0 aliphatic heterocycles. The quantitative estimate of drug-likeness (QED) is 0.720. The van der Waals surface area contributed by atoms with E-state index in [9.17, 15) is 5.11 Å². The van der Waals surface area contributed by atoms with Crippen LogP contribution in [0.3, 0.4) is 0 Å². The molecular weight excluding hydrogens is 181 g/mol. The van der Waals surface area contributed by atoms with E-state index in [1.54, 1.807) is 11.3 Å². The van der Waals surface area contributed by atoms with Crippen LogP contribution in [0, 0.1) is 0 Å². The minimum atomic E-state index is -0.412. The summed E-state index contributed by atoms with van der Waals surface area (Å²) in [5, 5.41) is 11.6. The number of hydrogen-bond donors (Lipinski definition) is 2. The Bertz CT molecular complexity index is 230. The van der Waals surface area contributed by atoms with Crippen LogP contribution in [-0.2, 0) is 0 Å². The lowest BCUT2D eigenvalue weighted by molar-refractivity contribution is 0.145. The van der Waals surface area contributed by atoms with Crippen LogP contribution >= 0.6 is 11.3 Å². The highest BCUT2D eigenvalue weighted by Gasteiger charge is 2.18. The van der Waals surface area contributed by atoms with E-state index >= 15 is 0 Å². The molecule has 0 aliphatic carbocycles. The first-order valence-corrected chi connectivity index (χ1v) is 4.87. The van der Waals surface area contributed by atoms with Crippen molar-refractivity contribution in [2.75, 3.05) is 0 Å². The van der Waals surface area contributed by atoms with Crippen molar-refractivity contribution in [2.45, 2.75) is 31.9 Å². The fourth-order valence-electron chi connectivity index (χ4n) is 1.08. The number of aliphatic hydroxyl groups excluding tert-OH is 1. The van der Waals surface area contributed by atoms with Gasteiger partial charge in [-0.1, -0.05) is 6.07 Å². The van der Waals surface area contributed by atoms with Crippen LogP contribution in [0.5, 0.6) is 0 Å². The predicted molar refractivity (Wildman–Crippen MR) is 57.9 cm³/mol. The normalized spacial score (nSPS) is 13.5. The molecule has 0 aliphatic rings. The molecule has 1 aromatic heterocycles. The van der Waals surface area contributed by atoms with Gasteiger partial charge < -0.3 is 10.8 Å². The lowest BCUT2D eigenvalue weighted by atomic mass is 9.97. The van der Waals surface area contributed by atoms with Crippen LogP contribution in [0.25, 0.3) is 0 Å². The zero-order chi connectivity index (χ0) is 9.19. The zero-order valence-electron chi connectivity index (χ0n) is 8.03. The van der Waals surface area contributed by atoms with Crippen molar-refractivity contribution in [1.82, 2.24) is 0 Å². The maximum absolute atomic E-state index is 9.68. The maximum Gasteiger partial charge on any atom is 0.0899 e. The number of rotatable bonds is 3. The van der Waals surface area contributed by atoms with Gasteiger partial charge in [0.2, 0.25) is 0 Å². The second-order valence-corrected chi connectivity index (χ2v) is 4.70. The predicted octanol–water partition coefficient (Wildman–Crippen LogP) is 1.53. The first-order chi connectivity index (χ1) is 5.49. The van der Waals surface area contributed by atoms with Gasteiger partial charge >= 0.3 is 0 Å². The van der Waals surface area contributed by atoms with E-state index in [1.165, 1.54) is 0 Å². The number of hydrogen-bond acceptors (Lipinski definition) is 3. The minimum absolute atomic E-state index is 0. The second kappa shape index (κ2) is 4.79. The zero-order valence-corrected chi connectivity index (χ0v) is 8.84. The Morgan fingerprint density at radius 2 is 2.23 bits per heavy atom. The van der Waals surface area contributed by atoms with Crippen LogP contribution < -0.4 is 5.73 Å². The van der Waals surface area contributed by atoms with Crippen molar-refractivity contribution in [3.05, 3.63) is 22.4 Å². The molecule has 1 heterocycles. The Kier molecular flexibility index (Phi) is 4.68. The van der Waals surface area contributed by atoms with Gasteiger partial charge in [-0.05, 0) is 31.7 Å². The smallest absolute Gasteiger partial charge is 0.0899 e. The molecule has 2 nitrogen and oxygen atoms in total. The topological polar surface area (TPSA) is 46.2 Å². The Morgan fingerprint density at radius 1 is 1.62 bits per heavy atom. The SMILES string of the molecule is CC(C)(N)CC(O)c1cccs1.[B]. The molecular formula is C9H15BNOS. The van der Waals surface area contributed by atoms with Gasteiger partial charge in [-0.2, -0.15) is 0 Å².